The fraction of sp³-hybridized carbons (Fsp3) is 0.800. The highest BCUT2D eigenvalue weighted by molar-refractivity contribution is 5.38. The van der Waals surface area contributed by atoms with Gasteiger partial charge in [0.25, 0.3) is 6.47 Å². The van der Waals surface area contributed by atoms with Crippen molar-refractivity contribution in [2.24, 2.45) is 16.7 Å². The Kier molecular flexibility index (Phi) is 3.09. The van der Waals surface area contributed by atoms with Gasteiger partial charge in [0.05, 0.1) is 0 Å². The predicted octanol–water partition coefficient (Wildman–Crippen LogP) is 3.71. The second kappa shape index (κ2) is 4.15. The van der Waals surface area contributed by atoms with Crippen LogP contribution < -0.4 is 0 Å². The summed E-state index contributed by atoms with van der Waals surface area (Å²) in [5.74, 6) is 0.476. The van der Waals surface area contributed by atoms with E-state index >= 15 is 0 Å². The van der Waals surface area contributed by atoms with Crippen LogP contribution in [0.15, 0.2) is 11.6 Å². The second-order valence-electron chi connectivity index (χ2n) is 6.34. The van der Waals surface area contributed by atoms with Gasteiger partial charge < -0.3 is 4.74 Å². The first-order valence-corrected chi connectivity index (χ1v) is 6.72. The number of allylic oxidation sites excluding steroid dienone is 2. The number of carbonyl (C=O) groups is 1. The molecule has 0 aliphatic heterocycles. The highest BCUT2D eigenvalue weighted by Gasteiger charge is 2.56. The van der Waals surface area contributed by atoms with E-state index in [2.05, 4.69) is 33.8 Å². The molecule has 0 bridgehead atoms. The summed E-state index contributed by atoms with van der Waals surface area (Å²) in [6, 6.07) is 0. The van der Waals surface area contributed by atoms with E-state index in [0.29, 0.717) is 12.4 Å². The molecule has 0 aromatic carbocycles. The molecule has 2 nitrogen and oxygen atoms in total. The van der Waals surface area contributed by atoms with E-state index in [1.54, 1.807) is 0 Å². The Bertz CT molecular complexity index is 347. The van der Waals surface area contributed by atoms with Crippen molar-refractivity contribution in [1.82, 2.24) is 0 Å². The number of carbonyl (C=O) groups excluding carboxylic acids is 1. The van der Waals surface area contributed by atoms with Crippen molar-refractivity contribution < 1.29 is 9.53 Å². The van der Waals surface area contributed by atoms with Crippen molar-refractivity contribution in [3.63, 3.8) is 0 Å². The molecule has 0 radical (unpaired) electrons. The van der Waals surface area contributed by atoms with E-state index in [-0.39, 0.29) is 16.9 Å². The van der Waals surface area contributed by atoms with Gasteiger partial charge >= 0.3 is 0 Å². The van der Waals surface area contributed by atoms with Crippen LogP contribution in [0.3, 0.4) is 0 Å². The number of fused-ring (bicyclic) bond motifs is 1. The Balaban J connectivity index is 2.42. The summed E-state index contributed by atoms with van der Waals surface area (Å²) in [6.07, 6.45) is 7.05. The van der Waals surface area contributed by atoms with Gasteiger partial charge in [0.1, 0.15) is 6.10 Å². The topological polar surface area (TPSA) is 26.3 Å². The van der Waals surface area contributed by atoms with Gasteiger partial charge in [-0.1, -0.05) is 32.4 Å². The van der Waals surface area contributed by atoms with Crippen molar-refractivity contribution in [3.8, 4) is 0 Å². The van der Waals surface area contributed by atoms with E-state index in [1.807, 2.05) is 0 Å². The molecular formula is C15H24O2. The molecule has 2 aliphatic rings. The average Bonchev–Trinajstić information content (AvgIpc) is 2.29. The van der Waals surface area contributed by atoms with Gasteiger partial charge in [-0.15, -0.1) is 0 Å². The lowest BCUT2D eigenvalue weighted by atomic mass is 9.48. The van der Waals surface area contributed by atoms with E-state index < -0.39 is 0 Å². The van der Waals surface area contributed by atoms with Gasteiger partial charge in [-0.05, 0) is 43.9 Å². The van der Waals surface area contributed by atoms with E-state index in [4.69, 9.17) is 4.74 Å². The van der Waals surface area contributed by atoms with Crippen LogP contribution in [0.25, 0.3) is 0 Å². The van der Waals surface area contributed by atoms with Crippen molar-refractivity contribution in [2.75, 3.05) is 0 Å². The van der Waals surface area contributed by atoms with Crippen molar-refractivity contribution >= 4 is 6.47 Å². The Labute approximate surface area is 104 Å². The van der Waals surface area contributed by atoms with Gasteiger partial charge in [-0.2, -0.15) is 0 Å². The van der Waals surface area contributed by atoms with Gasteiger partial charge in [0, 0.05) is 5.41 Å². The van der Waals surface area contributed by atoms with Crippen LogP contribution in [-0.4, -0.2) is 12.6 Å². The minimum atomic E-state index is 0.0717. The SMILES string of the molecule is CC1=CCC[C@@]2(C)[C@@H](OC=O)[C@@H](C)CC[C@@]12C. The molecule has 0 amide bonds. The smallest absolute Gasteiger partial charge is 0.293 e. The standard InChI is InChI=1S/C15H24O2/c1-11-7-9-14(3)12(2)6-5-8-15(14,4)13(11)17-10-16/h6,10-11,13H,5,7-9H2,1-4H3/t11-,13-,14-,15-/m0/s1. The molecular weight excluding hydrogens is 212 g/mol. The van der Waals surface area contributed by atoms with Crippen LogP contribution >= 0.6 is 0 Å². The highest BCUT2D eigenvalue weighted by atomic mass is 16.5. The monoisotopic (exact) mass is 236 g/mol. The summed E-state index contributed by atoms with van der Waals surface area (Å²) in [7, 11) is 0. The van der Waals surface area contributed by atoms with Crippen molar-refractivity contribution in [1.29, 1.82) is 0 Å². The minimum Gasteiger partial charge on any atom is -0.464 e. The zero-order chi connectivity index (χ0) is 12.7. The number of hydrogen-bond donors (Lipinski definition) is 0. The Morgan fingerprint density at radius 3 is 2.76 bits per heavy atom. The molecule has 2 aliphatic carbocycles. The Hall–Kier alpha value is -0.790. The van der Waals surface area contributed by atoms with Crippen molar-refractivity contribution in [3.05, 3.63) is 11.6 Å². The summed E-state index contributed by atoms with van der Waals surface area (Å²) in [5.41, 5.74) is 1.79. The predicted molar refractivity (Wildman–Crippen MR) is 68.5 cm³/mol. The van der Waals surface area contributed by atoms with Crippen LogP contribution in [-0.2, 0) is 9.53 Å². The minimum absolute atomic E-state index is 0.0717. The largest absolute Gasteiger partial charge is 0.464 e. The maximum Gasteiger partial charge on any atom is 0.293 e. The maximum atomic E-state index is 10.8. The molecule has 2 rings (SSSR count). The normalized spacial score (nSPS) is 45.8. The third kappa shape index (κ3) is 1.64. The second-order valence-corrected chi connectivity index (χ2v) is 6.34. The molecule has 17 heavy (non-hydrogen) atoms. The highest BCUT2D eigenvalue weighted by Crippen LogP contribution is 2.60. The number of rotatable bonds is 2. The molecule has 0 unspecified atom stereocenters. The van der Waals surface area contributed by atoms with Crippen LogP contribution in [0.5, 0.6) is 0 Å². The first kappa shape index (κ1) is 12.7. The first-order valence-electron chi connectivity index (χ1n) is 6.72. The van der Waals surface area contributed by atoms with Gasteiger partial charge in [0.2, 0.25) is 0 Å². The summed E-state index contributed by atoms with van der Waals surface area (Å²) < 4.78 is 5.47. The molecule has 0 heterocycles. The number of ether oxygens (including phenoxy) is 1. The fourth-order valence-corrected chi connectivity index (χ4v) is 4.12. The lowest BCUT2D eigenvalue weighted by Gasteiger charge is -2.58. The van der Waals surface area contributed by atoms with Crippen LogP contribution in [0, 0.1) is 16.7 Å². The zero-order valence-corrected chi connectivity index (χ0v) is 11.5. The fourth-order valence-electron chi connectivity index (χ4n) is 4.12. The van der Waals surface area contributed by atoms with Crippen molar-refractivity contribution in [2.45, 2.75) is 59.5 Å². The molecule has 0 aromatic heterocycles. The Morgan fingerprint density at radius 2 is 2.12 bits per heavy atom. The first-order chi connectivity index (χ1) is 7.95. The molecule has 2 heteroatoms. The average molecular weight is 236 g/mol. The van der Waals surface area contributed by atoms with Crippen LogP contribution in [0.2, 0.25) is 0 Å². The summed E-state index contributed by atoms with van der Waals surface area (Å²) in [4.78, 5) is 10.8. The maximum absolute atomic E-state index is 10.8. The summed E-state index contributed by atoms with van der Waals surface area (Å²) >= 11 is 0. The molecule has 1 fully saturated rings. The third-order valence-corrected chi connectivity index (χ3v) is 5.69. The van der Waals surface area contributed by atoms with Gasteiger partial charge in [0.15, 0.2) is 0 Å². The van der Waals surface area contributed by atoms with Gasteiger partial charge in [-0.3, -0.25) is 4.79 Å². The molecule has 0 N–H and O–H groups in total. The summed E-state index contributed by atoms with van der Waals surface area (Å²) in [6.45, 7) is 9.77. The molecule has 1 saturated carbocycles. The summed E-state index contributed by atoms with van der Waals surface area (Å²) in [5, 5.41) is 0. The molecule has 96 valence electrons. The zero-order valence-electron chi connectivity index (χ0n) is 11.5. The van der Waals surface area contributed by atoms with E-state index in [9.17, 15) is 4.79 Å². The number of hydrogen-bond acceptors (Lipinski definition) is 2. The molecule has 4 atom stereocenters. The van der Waals surface area contributed by atoms with E-state index in [0.717, 1.165) is 19.3 Å². The Morgan fingerprint density at radius 1 is 1.41 bits per heavy atom. The quantitative estimate of drug-likeness (QED) is 0.539. The lowest BCUT2D eigenvalue weighted by molar-refractivity contribution is -0.164. The van der Waals surface area contributed by atoms with Crippen LogP contribution in [0.1, 0.15) is 53.4 Å². The molecule has 0 spiro atoms. The van der Waals surface area contributed by atoms with E-state index in [1.165, 1.54) is 12.0 Å². The third-order valence-electron chi connectivity index (χ3n) is 5.69. The molecule has 0 aromatic rings. The van der Waals surface area contributed by atoms with Gasteiger partial charge in [-0.25, -0.2) is 0 Å². The molecule has 0 saturated heterocycles. The lowest BCUT2D eigenvalue weighted by Crippen LogP contribution is -2.55. The van der Waals surface area contributed by atoms with Crippen LogP contribution in [0.4, 0.5) is 0 Å².